The summed E-state index contributed by atoms with van der Waals surface area (Å²) < 4.78 is 28.8. The van der Waals surface area contributed by atoms with Crippen LogP contribution in [0.15, 0.2) is 36.4 Å². The highest BCUT2D eigenvalue weighted by atomic mass is 32.1. The van der Waals surface area contributed by atoms with Gasteiger partial charge in [-0.2, -0.15) is 0 Å². The van der Waals surface area contributed by atoms with Crippen LogP contribution in [0.1, 0.15) is 44.9 Å². The highest BCUT2D eigenvalue weighted by molar-refractivity contribution is 7.22. The Morgan fingerprint density at radius 3 is 1.55 bits per heavy atom. The van der Waals surface area contributed by atoms with Crippen molar-refractivity contribution >= 4 is 65.2 Å². The largest absolute Gasteiger partial charge is 0.302 e. The Kier molecular flexibility index (Phi) is 7.56. The molecule has 2 aromatic heterocycles. The number of amides is 2. The van der Waals surface area contributed by atoms with Crippen LogP contribution >= 0.6 is 22.7 Å². The Bertz CT molecular complexity index is 1190. The van der Waals surface area contributed by atoms with Gasteiger partial charge < -0.3 is 10.6 Å². The number of para-hydroxylation sites is 2. The molecule has 4 aromatic rings. The van der Waals surface area contributed by atoms with E-state index in [2.05, 4.69) is 20.6 Å². The van der Waals surface area contributed by atoms with E-state index in [4.69, 9.17) is 0 Å². The first-order valence-electron chi connectivity index (χ1n) is 10.7. The quantitative estimate of drug-likeness (QED) is 0.250. The van der Waals surface area contributed by atoms with Crippen molar-refractivity contribution in [2.45, 2.75) is 44.9 Å². The maximum Gasteiger partial charge on any atom is 0.226 e. The van der Waals surface area contributed by atoms with Crippen LogP contribution in [0.5, 0.6) is 0 Å². The van der Waals surface area contributed by atoms with Gasteiger partial charge in [0.15, 0.2) is 10.3 Å². The minimum atomic E-state index is -0.396. The number of fused-ring (bicyclic) bond motifs is 2. The molecule has 2 heterocycles. The molecule has 0 radical (unpaired) electrons. The molecular formula is C23H22F2N4O2S2. The van der Waals surface area contributed by atoms with Gasteiger partial charge in [-0.05, 0) is 37.1 Å². The molecule has 0 unspecified atom stereocenters. The van der Waals surface area contributed by atoms with E-state index < -0.39 is 11.6 Å². The first-order chi connectivity index (χ1) is 16.0. The third-order valence-corrected chi connectivity index (χ3v) is 6.91. The Morgan fingerprint density at radius 2 is 1.12 bits per heavy atom. The molecular weight excluding hydrogens is 466 g/mol. The second kappa shape index (κ2) is 10.8. The fraction of sp³-hybridized carbons (Fsp3) is 0.304. The lowest BCUT2D eigenvalue weighted by Crippen LogP contribution is -2.11. The summed E-state index contributed by atoms with van der Waals surface area (Å²) in [5.41, 5.74) is 0.550. The number of anilines is 2. The number of nitrogens with zero attached hydrogens (tertiary/aromatic N) is 2. The summed E-state index contributed by atoms with van der Waals surface area (Å²) >= 11 is 2.50. The van der Waals surface area contributed by atoms with Crippen LogP contribution in [0.25, 0.3) is 20.4 Å². The van der Waals surface area contributed by atoms with E-state index in [1.807, 2.05) is 0 Å². The highest BCUT2D eigenvalue weighted by Gasteiger charge is 2.12. The smallest absolute Gasteiger partial charge is 0.226 e. The van der Waals surface area contributed by atoms with Crippen LogP contribution < -0.4 is 10.6 Å². The third kappa shape index (κ3) is 6.08. The monoisotopic (exact) mass is 488 g/mol. The molecule has 0 fully saturated rings. The zero-order valence-electron chi connectivity index (χ0n) is 17.7. The fourth-order valence-electron chi connectivity index (χ4n) is 3.40. The Balaban J connectivity index is 1.09. The number of rotatable bonds is 10. The molecule has 0 aliphatic carbocycles. The molecule has 0 bridgehead atoms. The standard InChI is InChI=1S/C23H22F2N4O2S2/c24-14-8-6-10-16-20(14)28-22(32-16)26-18(30)12-4-2-1-3-5-13-19(31)27-23-29-21-15(25)9-7-11-17(21)33-23/h6-11H,1-5,12-13H2,(H,26,28,30)(H,27,29,31). The maximum atomic E-state index is 13.7. The van der Waals surface area contributed by atoms with E-state index in [1.54, 1.807) is 24.3 Å². The summed E-state index contributed by atoms with van der Waals surface area (Å²) in [6.45, 7) is 0. The van der Waals surface area contributed by atoms with Crippen molar-refractivity contribution in [3.63, 3.8) is 0 Å². The molecule has 0 aliphatic rings. The number of carbonyl (C=O) groups excluding carboxylic acids is 2. The van der Waals surface area contributed by atoms with Gasteiger partial charge >= 0.3 is 0 Å². The van der Waals surface area contributed by atoms with Crippen LogP contribution in [0, 0.1) is 11.6 Å². The summed E-state index contributed by atoms with van der Waals surface area (Å²) in [7, 11) is 0. The van der Waals surface area contributed by atoms with Gasteiger partial charge in [-0.1, -0.05) is 54.1 Å². The molecule has 0 atom stereocenters. The SMILES string of the molecule is O=C(CCCCCCCC(=O)Nc1nc2c(F)cccc2s1)Nc1nc2c(F)cccc2s1. The molecule has 172 valence electrons. The number of aromatic nitrogens is 2. The molecule has 2 aromatic carbocycles. The van der Waals surface area contributed by atoms with Gasteiger partial charge in [-0.25, -0.2) is 18.7 Å². The van der Waals surface area contributed by atoms with Gasteiger partial charge in [0, 0.05) is 12.8 Å². The third-order valence-electron chi connectivity index (χ3n) is 5.04. The van der Waals surface area contributed by atoms with Crippen LogP contribution in [-0.4, -0.2) is 21.8 Å². The first-order valence-corrected chi connectivity index (χ1v) is 12.3. The van der Waals surface area contributed by atoms with Crippen molar-refractivity contribution in [2.24, 2.45) is 0 Å². The normalized spacial score (nSPS) is 11.2. The number of hydrogen-bond donors (Lipinski definition) is 2. The van der Waals surface area contributed by atoms with Gasteiger partial charge in [-0.3, -0.25) is 9.59 Å². The summed E-state index contributed by atoms with van der Waals surface area (Å²) in [5, 5.41) is 6.27. The Morgan fingerprint density at radius 1 is 0.697 bits per heavy atom. The van der Waals surface area contributed by atoms with E-state index >= 15 is 0 Å². The molecule has 0 saturated heterocycles. The van der Waals surface area contributed by atoms with Gasteiger partial charge in [-0.15, -0.1) is 0 Å². The van der Waals surface area contributed by atoms with Crippen LogP contribution in [-0.2, 0) is 9.59 Å². The summed E-state index contributed by atoms with van der Waals surface area (Å²) in [5.74, 6) is -1.07. The minimum absolute atomic E-state index is 0.138. The van der Waals surface area contributed by atoms with Crippen LogP contribution in [0.3, 0.4) is 0 Å². The molecule has 0 saturated carbocycles. The number of halogens is 2. The highest BCUT2D eigenvalue weighted by Crippen LogP contribution is 2.28. The van der Waals surface area contributed by atoms with Crippen molar-refractivity contribution in [3.8, 4) is 0 Å². The Hall–Kier alpha value is -2.98. The topological polar surface area (TPSA) is 84.0 Å². The first kappa shape index (κ1) is 23.2. The van der Waals surface area contributed by atoms with Crippen molar-refractivity contribution in [2.75, 3.05) is 10.6 Å². The maximum absolute atomic E-state index is 13.7. The molecule has 4 rings (SSSR count). The second-order valence-electron chi connectivity index (χ2n) is 7.58. The van der Waals surface area contributed by atoms with Crippen LogP contribution in [0.4, 0.5) is 19.0 Å². The number of nitrogens with one attached hydrogen (secondary N) is 2. The Labute approximate surface area is 197 Å². The zero-order chi connectivity index (χ0) is 23.2. The van der Waals surface area contributed by atoms with Gasteiger partial charge in [0.25, 0.3) is 0 Å². The van der Waals surface area contributed by atoms with Gasteiger partial charge in [0.2, 0.25) is 11.8 Å². The fourth-order valence-corrected chi connectivity index (χ4v) is 5.19. The molecule has 0 aliphatic heterocycles. The minimum Gasteiger partial charge on any atom is -0.302 e. The average Bonchev–Trinajstić information content (AvgIpc) is 3.38. The molecule has 10 heteroatoms. The average molecular weight is 489 g/mol. The predicted octanol–water partition coefficient (Wildman–Crippen LogP) is 6.49. The summed E-state index contributed by atoms with van der Waals surface area (Å²) in [4.78, 5) is 32.5. The molecule has 6 nitrogen and oxygen atoms in total. The lowest BCUT2D eigenvalue weighted by molar-refractivity contribution is -0.117. The van der Waals surface area contributed by atoms with Crippen molar-refractivity contribution in [1.29, 1.82) is 0 Å². The number of hydrogen-bond acceptors (Lipinski definition) is 6. The van der Waals surface area contributed by atoms with Gasteiger partial charge in [0.05, 0.1) is 9.40 Å². The number of unbranched alkanes of at least 4 members (excludes halogenated alkanes) is 4. The summed E-state index contributed by atoms with van der Waals surface area (Å²) in [6.07, 6.45) is 4.86. The molecule has 2 N–H and O–H groups in total. The molecule has 0 spiro atoms. The number of thiazole rings is 2. The van der Waals surface area contributed by atoms with Crippen molar-refractivity contribution < 1.29 is 18.4 Å². The number of carbonyl (C=O) groups is 2. The number of benzene rings is 2. The predicted molar refractivity (Wildman–Crippen MR) is 129 cm³/mol. The summed E-state index contributed by atoms with van der Waals surface area (Å²) in [6, 6.07) is 9.47. The van der Waals surface area contributed by atoms with E-state index in [0.29, 0.717) is 32.5 Å². The van der Waals surface area contributed by atoms with Crippen molar-refractivity contribution in [3.05, 3.63) is 48.0 Å². The van der Waals surface area contributed by atoms with E-state index in [1.165, 1.54) is 34.8 Å². The molecule has 2 amide bonds. The zero-order valence-corrected chi connectivity index (χ0v) is 19.3. The van der Waals surface area contributed by atoms with Crippen LogP contribution in [0.2, 0.25) is 0 Å². The molecule has 33 heavy (non-hydrogen) atoms. The lowest BCUT2D eigenvalue weighted by Gasteiger charge is -2.03. The van der Waals surface area contributed by atoms with Gasteiger partial charge in [0.1, 0.15) is 22.7 Å². The van der Waals surface area contributed by atoms with Crippen molar-refractivity contribution in [1.82, 2.24) is 9.97 Å². The lowest BCUT2D eigenvalue weighted by atomic mass is 10.1. The second-order valence-corrected chi connectivity index (χ2v) is 9.64. The van der Waals surface area contributed by atoms with E-state index in [9.17, 15) is 18.4 Å². The van der Waals surface area contributed by atoms with E-state index in [-0.39, 0.29) is 22.8 Å². The van der Waals surface area contributed by atoms with E-state index in [0.717, 1.165) is 32.1 Å².